The fourth-order valence-corrected chi connectivity index (χ4v) is 0. The Hall–Kier alpha value is -2.52. The summed E-state index contributed by atoms with van der Waals surface area (Å²) in [6.45, 7) is 13.5. The number of carbonyl (C=O) groups is 3. The number of alkyl halides is 9. The number of carbonyl (C=O) groups excluding carboxylic acids is 6. The molecule has 0 saturated heterocycles. The SMILES string of the molecule is O=C([O-])C(F)(F)F.O=C([O-])C(F)(F)F.O=C([O-])C(F)(F)F.[C]=O.[C]=O.[C]=O.[H-].[H-].[H-].[Mo+6]. The first-order chi connectivity index (χ1) is 11.8. The van der Waals surface area contributed by atoms with E-state index in [4.69, 9.17) is 44.1 Å². The van der Waals surface area contributed by atoms with E-state index >= 15 is 0 Å². The molecule has 0 saturated carbocycles. The van der Waals surface area contributed by atoms with Crippen molar-refractivity contribution in [3.05, 3.63) is 0 Å². The van der Waals surface area contributed by atoms with Gasteiger partial charge < -0.3 is 34.0 Å². The van der Waals surface area contributed by atoms with Crippen molar-refractivity contribution in [1.29, 1.82) is 0 Å². The van der Waals surface area contributed by atoms with Gasteiger partial charge >= 0.3 is 39.6 Å². The van der Waals surface area contributed by atoms with Crippen molar-refractivity contribution in [2.45, 2.75) is 18.5 Å². The first-order valence-electron chi connectivity index (χ1n) is 4.29. The minimum Gasteiger partial charge on any atom is -1.00 e. The molecule has 6 radical (unpaired) electrons. The van der Waals surface area contributed by atoms with E-state index in [1.54, 1.807) is 0 Å². The molecule has 19 heteroatoms. The Morgan fingerprint density at radius 2 is 0.536 bits per heavy atom. The molecule has 0 fully saturated rings. The summed E-state index contributed by atoms with van der Waals surface area (Å²) in [4.78, 5) is 48.9. The average molecular weight is 522 g/mol. The van der Waals surface area contributed by atoms with Crippen LogP contribution in [0.1, 0.15) is 4.28 Å². The number of rotatable bonds is 0. The van der Waals surface area contributed by atoms with E-state index in [0.29, 0.717) is 0 Å². The van der Waals surface area contributed by atoms with Crippen LogP contribution in [-0.2, 0) is 49.8 Å². The van der Waals surface area contributed by atoms with E-state index in [1.165, 1.54) is 0 Å². The van der Waals surface area contributed by atoms with E-state index < -0.39 is 36.4 Å². The van der Waals surface area contributed by atoms with Crippen molar-refractivity contribution in [1.82, 2.24) is 0 Å². The third kappa shape index (κ3) is 49.5. The van der Waals surface area contributed by atoms with Gasteiger partial charge in [0.05, 0.1) is 0 Å². The van der Waals surface area contributed by atoms with Crippen LogP contribution in [0.5, 0.6) is 0 Å². The second-order valence-electron chi connectivity index (χ2n) is 2.36. The summed E-state index contributed by atoms with van der Waals surface area (Å²) >= 11 is 0. The molecule has 9 nitrogen and oxygen atoms in total. The Labute approximate surface area is 166 Å². The van der Waals surface area contributed by atoms with E-state index in [-0.39, 0.29) is 25.3 Å². The molecule has 0 heterocycles. The molecule has 0 amide bonds. The molecule has 0 rings (SSSR count). The Morgan fingerprint density at radius 3 is 0.536 bits per heavy atom. The molecule has 0 aromatic heterocycles. The molecule has 0 unspecified atom stereocenters. The topological polar surface area (TPSA) is 172 Å². The van der Waals surface area contributed by atoms with E-state index in [9.17, 15) is 39.5 Å². The van der Waals surface area contributed by atoms with Crippen molar-refractivity contribution in [2.75, 3.05) is 0 Å². The predicted molar refractivity (Wildman–Crippen MR) is 53.6 cm³/mol. The first kappa shape index (κ1) is 44.7. The minimum absolute atomic E-state index is 0. The van der Waals surface area contributed by atoms with Crippen LogP contribution in [0.3, 0.4) is 0 Å². The predicted octanol–water partition coefficient (Wildman–Crippen LogP) is -2.96. The second kappa shape index (κ2) is 22.5. The van der Waals surface area contributed by atoms with Gasteiger partial charge in [0, 0.05) is 0 Å². The summed E-state index contributed by atoms with van der Waals surface area (Å²) in [5.41, 5.74) is 0. The van der Waals surface area contributed by atoms with E-state index in [1.807, 2.05) is 0 Å². The molecule has 0 aliphatic carbocycles. The van der Waals surface area contributed by atoms with Crippen LogP contribution in [0.4, 0.5) is 39.5 Å². The van der Waals surface area contributed by atoms with Gasteiger partial charge in [0.15, 0.2) is 0 Å². The van der Waals surface area contributed by atoms with Crippen molar-refractivity contribution in [3.8, 4) is 0 Å². The Balaban J connectivity index is -0.0000000224. The zero-order chi connectivity index (χ0) is 24.2. The van der Waals surface area contributed by atoms with Crippen LogP contribution in [-0.4, -0.2) is 56.8 Å². The summed E-state index contributed by atoms with van der Waals surface area (Å²) in [7, 11) is 0. The fraction of sp³-hybridized carbons (Fsp3) is 0.333. The van der Waals surface area contributed by atoms with Crippen LogP contribution in [0.25, 0.3) is 0 Å². The van der Waals surface area contributed by atoms with Crippen LogP contribution in [0, 0.1) is 0 Å². The van der Waals surface area contributed by atoms with Crippen LogP contribution in [0.2, 0.25) is 0 Å². The number of hydrogen-bond acceptors (Lipinski definition) is 9. The quantitative estimate of drug-likeness (QED) is 0.238. The van der Waals surface area contributed by atoms with E-state index in [0.717, 1.165) is 0 Å². The third-order valence-corrected chi connectivity index (χ3v) is 0.694. The second-order valence-corrected chi connectivity index (χ2v) is 2.36. The number of hydrogen-bond donors (Lipinski definition) is 0. The number of carboxylic acids is 3. The molecule has 0 aliphatic rings. The molecule has 0 spiro atoms. The molecule has 0 aromatic rings. The van der Waals surface area contributed by atoms with Gasteiger partial charge in [-0.15, -0.1) is 0 Å². The van der Waals surface area contributed by atoms with E-state index in [2.05, 4.69) is 20.4 Å². The van der Waals surface area contributed by atoms with Crippen LogP contribution >= 0.6 is 0 Å². The Kier molecular flexibility index (Phi) is 36.0. The Morgan fingerprint density at radius 1 is 0.500 bits per heavy atom. The first-order valence-corrected chi connectivity index (χ1v) is 4.29. The zero-order valence-electron chi connectivity index (χ0n) is 15.0. The molecular weight excluding hydrogens is 519 g/mol. The van der Waals surface area contributed by atoms with Gasteiger partial charge in [-0.25, -0.2) is 0 Å². The number of carboxylic acid groups (broad SMARTS) is 3. The van der Waals surface area contributed by atoms with Crippen molar-refractivity contribution >= 4 is 38.3 Å². The van der Waals surface area contributed by atoms with Crippen molar-refractivity contribution in [2.24, 2.45) is 0 Å². The van der Waals surface area contributed by atoms with Crippen molar-refractivity contribution < 1.29 is 109 Å². The maximum absolute atomic E-state index is 10.5. The molecule has 0 aliphatic heterocycles. The minimum atomic E-state index is -5.19. The largest absolute Gasteiger partial charge is 6.00 e. The summed E-state index contributed by atoms with van der Waals surface area (Å²) in [5, 5.41) is 26.4. The molecule has 0 atom stereocenters. The van der Waals surface area contributed by atoms with Crippen LogP contribution in [0.15, 0.2) is 0 Å². The molecule has 0 bridgehead atoms. The van der Waals surface area contributed by atoms with Crippen LogP contribution < -0.4 is 15.3 Å². The van der Waals surface area contributed by atoms with Gasteiger partial charge in [-0.05, 0) is 0 Å². The number of aliphatic carboxylic acids is 3. The van der Waals surface area contributed by atoms with Gasteiger partial charge in [0.1, 0.15) is 17.9 Å². The summed E-state index contributed by atoms with van der Waals surface area (Å²) in [5.74, 6) is -9.02. The van der Waals surface area contributed by atoms with Crippen molar-refractivity contribution in [3.63, 3.8) is 0 Å². The van der Waals surface area contributed by atoms with Gasteiger partial charge in [0.25, 0.3) is 20.4 Å². The third-order valence-electron chi connectivity index (χ3n) is 0.694. The van der Waals surface area contributed by atoms with Gasteiger partial charge in [-0.2, -0.15) is 39.5 Å². The van der Waals surface area contributed by atoms with Gasteiger partial charge in [0.2, 0.25) is 0 Å². The Bertz CT molecular complexity index is 373. The standard InChI is InChI=1S/3C2HF3O2.3CO.Mo.3H/c3*3-2(4,5)1(6)7;3*1-2;;;;/h3*(H,6,7);;;;;;;/q;;;;;;+6;3*-1/p-3. The molecular formula is C9H3F9MoO9. The summed E-state index contributed by atoms with van der Waals surface area (Å²) in [6.07, 6.45) is -15.6. The van der Waals surface area contributed by atoms with Gasteiger partial charge in [-0.3, -0.25) is 14.4 Å². The molecule has 162 valence electrons. The zero-order valence-corrected chi connectivity index (χ0v) is 14.0. The molecule has 0 aromatic carbocycles. The smallest absolute Gasteiger partial charge is 1.00 e. The number of halogens is 9. The maximum Gasteiger partial charge on any atom is 6.00 e. The summed E-state index contributed by atoms with van der Waals surface area (Å²) in [6, 6.07) is 0. The normalized spacial score (nSPS) is 8.89. The maximum atomic E-state index is 10.5. The molecule has 28 heavy (non-hydrogen) atoms. The molecule has 0 N–H and O–H groups in total. The summed E-state index contributed by atoms with van der Waals surface area (Å²) < 4.78 is 94.6. The average Bonchev–Trinajstić information content (AvgIpc) is 2.51. The fourth-order valence-electron chi connectivity index (χ4n) is 0. The monoisotopic (exact) mass is 524 g/mol. The van der Waals surface area contributed by atoms with Gasteiger partial charge in [-0.1, -0.05) is 0 Å².